The summed E-state index contributed by atoms with van der Waals surface area (Å²) in [6, 6.07) is 67.8. The van der Waals surface area contributed by atoms with Crippen molar-refractivity contribution in [3.05, 3.63) is 262 Å². The van der Waals surface area contributed by atoms with Gasteiger partial charge in [0, 0.05) is 50.6 Å². The third-order valence-corrected chi connectivity index (χ3v) is 8.98. The maximum absolute atomic E-state index is 6.68. The van der Waals surface area contributed by atoms with Gasteiger partial charge in [-0.25, -0.2) is 0 Å². The Kier molecular flexibility index (Phi) is 12.1. The second-order valence-electron chi connectivity index (χ2n) is 13.6. The zero-order valence-corrected chi connectivity index (χ0v) is 32.2. The van der Waals surface area contributed by atoms with Crippen LogP contribution in [0, 0.1) is 47.4 Å². The average Bonchev–Trinajstić information content (AvgIpc) is 3.28. The molecule has 8 rings (SSSR count). The maximum Gasteiger partial charge on any atom is 0.132 e. The van der Waals surface area contributed by atoms with Crippen molar-refractivity contribution in [2.75, 3.05) is 0 Å². The first-order chi connectivity index (χ1) is 29.1. The predicted molar refractivity (Wildman–Crippen MR) is 238 cm³/mol. The molecule has 0 radical (unpaired) electrons. The van der Waals surface area contributed by atoms with Gasteiger partial charge in [0.05, 0.1) is 0 Å². The van der Waals surface area contributed by atoms with Crippen molar-refractivity contribution in [2.24, 2.45) is 0 Å². The van der Waals surface area contributed by atoms with Crippen molar-refractivity contribution >= 4 is 0 Å². The molecule has 0 saturated heterocycles. The van der Waals surface area contributed by atoms with Crippen LogP contribution in [0.2, 0.25) is 0 Å². The fourth-order valence-electron chi connectivity index (χ4n) is 6.22. The number of benzene rings is 8. The van der Waals surface area contributed by atoms with E-state index in [1.165, 1.54) is 5.56 Å². The Bertz CT molecular complexity index is 2870. The van der Waals surface area contributed by atoms with E-state index in [2.05, 4.69) is 83.8 Å². The van der Waals surface area contributed by atoms with Gasteiger partial charge in [-0.2, -0.15) is 0 Å². The van der Waals surface area contributed by atoms with Crippen LogP contribution in [0.15, 0.2) is 206 Å². The molecule has 0 fully saturated rings. The number of ether oxygens (including phenoxy) is 2. The molecule has 8 aromatic rings. The normalized spacial score (nSPS) is 9.90. The maximum atomic E-state index is 6.68. The van der Waals surface area contributed by atoms with Gasteiger partial charge >= 0.3 is 0 Å². The van der Waals surface area contributed by atoms with E-state index in [-0.39, 0.29) is 0 Å². The SMILES string of the molecule is C(#Cc1cc(C#Cc2ccccc2)cc(Oc2cc(C#Cc3ccccc3)cc(Oc3cc(C#Cc4ccccc4)cc(Cc4ccccc4)c3)c2)c1)c1ccccc1. The molecule has 2 nitrogen and oxygen atoms in total. The van der Waals surface area contributed by atoms with Gasteiger partial charge in [-0.15, -0.1) is 0 Å². The van der Waals surface area contributed by atoms with Crippen LogP contribution in [0.1, 0.15) is 55.6 Å². The minimum atomic E-state index is 0.555. The molecule has 0 bridgehead atoms. The highest BCUT2D eigenvalue weighted by atomic mass is 16.5. The Morgan fingerprint density at radius 2 is 0.525 bits per heavy atom. The molecule has 0 amide bonds. The van der Waals surface area contributed by atoms with Crippen molar-refractivity contribution in [1.29, 1.82) is 0 Å². The third-order valence-electron chi connectivity index (χ3n) is 8.98. The number of hydrogen-bond donors (Lipinski definition) is 0. The molecule has 0 spiro atoms. The molecule has 0 atom stereocenters. The Labute approximate surface area is 346 Å². The fraction of sp³-hybridized carbons (Fsp3) is 0.0175. The minimum absolute atomic E-state index is 0.555. The van der Waals surface area contributed by atoms with E-state index in [4.69, 9.17) is 9.47 Å². The lowest BCUT2D eigenvalue weighted by Crippen LogP contribution is -1.94. The summed E-state index contributed by atoms with van der Waals surface area (Å²) in [7, 11) is 0. The Morgan fingerprint density at radius 1 is 0.237 bits per heavy atom. The van der Waals surface area contributed by atoms with Crippen molar-refractivity contribution in [3.8, 4) is 70.4 Å². The summed E-state index contributed by atoms with van der Waals surface area (Å²) in [5, 5.41) is 0. The molecule has 0 aromatic heterocycles. The molecule has 276 valence electrons. The summed E-state index contributed by atoms with van der Waals surface area (Å²) in [6.45, 7) is 0. The summed E-state index contributed by atoms with van der Waals surface area (Å²) < 4.78 is 13.3. The van der Waals surface area contributed by atoms with E-state index in [1.54, 1.807) is 0 Å². The summed E-state index contributed by atoms with van der Waals surface area (Å²) in [4.78, 5) is 0. The fourth-order valence-corrected chi connectivity index (χ4v) is 6.22. The van der Waals surface area contributed by atoms with E-state index >= 15 is 0 Å². The standard InChI is InChI=1S/C57H36O2/c1-6-16-44(17-7-1)26-30-49-35-50(31-27-45-18-8-2-9-19-45)38-54(37-49)58-56-40-52(33-29-47-22-12-4-13-23-47)41-57(43-56)59-55-39-51(32-28-46-20-10-3-11-21-46)36-53(42-55)34-48-24-14-5-15-25-48/h1-25,35-43H,34H2. The highest BCUT2D eigenvalue weighted by Crippen LogP contribution is 2.32. The van der Waals surface area contributed by atoms with Gasteiger partial charge < -0.3 is 9.47 Å². The van der Waals surface area contributed by atoms with Crippen LogP contribution in [0.4, 0.5) is 0 Å². The molecule has 0 N–H and O–H groups in total. The van der Waals surface area contributed by atoms with E-state index in [9.17, 15) is 0 Å². The molecule has 0 saturated carbocycles. The highest BCUT2D eigenvalue weighted by molar-refractivity contribution is 5.56. The first kappa shape index (κ1) is 37.5. The smallest absolute Gasteiger partial charge is 0.132 e. The van der Waals surface area contributed by atoms with Crippen LogP contribution >= 0.6 is 0 Å². The molecule has 8 aromatic carbocycles. The molecule has 2 heteroatoms. The zero-order chi connectivity index (χ0) is 39.9. The van der Waals surface area contributed by atoms with Crippen LogP contribution in [-0.2, 0) is 6.42 Å². The van der Waals surface area contributed by atoms with E-state index in [0.29, 0.717) is 23.0 Å². The summed E-state index contributed by atoms with van der Waals surface area (Å²) in [6.07, 6.45) is 0.730. The molecule has 0 aliphatic heterocycles. The van der Waals surface area contributed by atoms with E-state index in [1.807, 2.05) is 170 Å². The highest BCUT2D eigenvalue weighted by Gasteiger charge is 2.10. The molecule has 0 aliphatic rings. The predicted octanol–water partition coefficient (Wildman–Crippen LogP) is 12.5. The van der Waals surface area contributed by atoms with E-state index < -0.39 is 0 Å². The van der Waals surface area contributed by atoms with Gasteiger partial charge in [0.25, 0.3) is 0 Å². The Morgan fingerprint density at radius 3 is 0.915 bits per heavy atom. The molecule has 0 heterocycles. The lowest BCUT2D eigenvalue weighted by atomic mass is 10.0. The van der Waals surface area contributed by atoms with Gasteiger partial charge in [0.2, 0.25) is 0 Å². The molecule has 59 heavy (non-hydrogen) atoms. The molecular formula is C57H36O2. The summed E-state index contributed by atoms with van der Waals surface area (Å²) in [5.41, 5.74) is 9.11. The number of rotatable bonds is 6. The van der Waals surface area contributed by atoms with E-state index in [0.717, 1.165) is 56.5 Å². The molecule has 0 unspecified atom stereocenters. The van der Waals surface area contributed by atoms with Gasteiger partial charge in [0.15, 0.2) is 0 Å². The lowest BCUT2D eigenvalue weighted by Gasteiger charge is -2.13. The molecule has 0 aliphatic carbocycles. The first-order valence-electron chi connectivity index (χ1n) is 19.3. The molecular weight excluding hydrogens is 717 g/mol. The van der Waals surface area contributed by atoms with Crippen molar-refractivity contribution in [2.45, 2.75) is 6.42 Å². The van der Waals surface area contributed by atoms with Gasteiger partial charge in [0.1, 0.15) is 23.0 Å². The Balaban J connectivity index is 1.17. The van der Waals surface area contributed by atoms with Crippen molar-refractivity contribution < 1.29 is 9.47 Å². The second-order valence-corrected chi connectivity index (χ2v) is 13.6. The largest absolute Gasteiger partial charge is 0.457 e. The quantitative estimate of drug-likeness (QED) is 0.158. The lowest BCUT2D eigenvalue weighted by molar-refractivity contribution is 0.459. The van der Waals surface area contributed by atoms with Crippen LogP contribution in [0.3, 0.4) is 0 Å². The van der Waals surface area contributed by atoms with Crippen LogP contribution < -0.4 is 9.47 Å². The van der Waals surface area contributed by atoms with Crippen LogP contribution in [-0.4, -0.2) is 0 Å². The van der Waals surface area contributed by atoms with Gasteiger partial charge in [-0.05, 0) is 115 Å². The topological polar surface area (TPSA) is 18.5 Å². The zero-order valence-electron chi connectivity index (χ0n) is 32.2. The van der Waals surface area contributed by atoms with Crippen molar-refractivity contribution in [1.82, 2.24) is 0 Å². The average molecular weight is 753 g/mol. The second kappa shape index (κ2) is 19.0. The summed E-state index contributed by atoms with van der Waals surface area (Å²) in [5.74, 6) is 28.8. The number of hydrogen-bond acceptors (Lipinski definition) is 2. The Hall–Kier alpha value is -8.40. The third kappa shape index (κ3) is 11.3. The first-order valence-corrected chi connectivity index (χ1v) is 19.3. The summed E-state index contributed by atoms with van der Waals surface area (Å²) >= 11 is 0. The van der Waals surface area contributed by atoms with Crippen molar-refractivity contribution in [3.63, 3.8) is 0 Å². The van der Waals surface area contributed by atoms with Crippen LogP contribution in [0.5, 0.6) is 23.0 Å². The van der Waals surface area contributed by atoms with Gasteiger partial charge in [-0.1, -0.05) is 150 Å². The van der Waals surface area contributed by atoms with Gasteiger partial charge in [-0.3, -0.25) is 0 Å². The minimum Gasteiger partial charge on any atom is -0.457 e. The monoisotopic (exact) mass is 752 g/mol. The van der Waals surface area contributed by atoms with Crippen LogP contribution in [0.25, 0.3) is 0 Å².